The number of ether oxygens (including phenoxy) is 2. The molecule has 6 nitrogen and oxygen atoms in total. The Labute approximate surface area is 146 Å². The molecule has 2 rings (SSSR count). The van der Waals surface area contributed by atoms with Gasteiger partial charge in [-0.15, -0.1) is 12.4 Å². The molecule has 0 unspecified atom stereocenters. The number of fused-ring (bicyclic) bond motifs is 1. The second kappa shape index (κ2) is 8.96. The molecule has 0 fully saturated rings. The Morgan fingerprint density at radius 1 is 1.48 bits per heavy atom. The Morgan fingerprint density at radius 2 is 2.22 bits per heavy atom. The highest BCUT2D eigenvalue weighted by molar-refractivity contribution is 6.30. The first-order valence-electron chi connectivity index (χ1n) is 7.03. The van der Waals surface area contributed by atoms with Gasteiger partial charge in [0.05, 0.1) is 13.7 Å². The van der Waals surface area contributed by atoms with Gasteiger partial charge >= 0.3 is 5.97 Å². The molecule has 1 amide bonds. The largest absolute Gasteiger partial charge is 0.491 e. The topological polar surface area (TPSA) is 81.9 Å². The van der Waals surface area contributed by atoms with Crippen LogP contribution >= 0.6 is 24.0 Å². The Balaban J connectivity index is 0.00000264. The molecule has 0 bridgehead atoms. The number of nitrogens with two attached hydrogens (primary N) is 1. The lowest BCUT2D eigenvalue weighted by molar-refractivity contribution is -0.142. The van der Waals surface area contributed by atoms with Gasteiger partial charge in [-0.3, -0.25) is 9.59 Å². The highest BCUT2D eigenvalue weighted by atomic mass is 35.5. The zero-order valence-corrected chi connectivity index (χ0v) is 14.4. The highest BCUT2D eigenvalue weighted by Crippen LogP contribution is 2.26. The van der Waals surface area contributed by atoms with Gasteiger partial charge in [0.25, 0.3) is 0 Å². The summed E-state index contributed by atoms with van der Waals surface area (Å²) >= 11 is 5.98. The van der Waals surface area contributed by atoms with Gasteiger partial charge in [0.15, 0.2) is 0 Å². The minimum atomic E-state index is -0.779. The number of benzene rings is 1. The predicted octanol–water partition coefficient (Wildman–Crippen LogP) is 1.76. The number of hydrogen-bond acceptors (Lipinski definition) is 5. The minimum absolute atomic E-state index is 0. The number of rotatable bonds is 4. The molecule has 1 atom stereocenters. The average Bonchev–Trinajstić information content (AvgIpc) is 2.73. The van der Waals surface area contributed by atoms with E-state index in [2.05, 4.69) is 4.74 Å². The average molecular weight is 363 g/mol. The molecule has 1 heterocycles. The van der Waals surface area contributed by atoms with Crippen molar-refractivity contribution in [3.63, 3.8) is 0 Å². The van der Waals surface area contributed by atoms with E-state index in [4.69, 9.17) is 22.1 Å². The third-order valence-corrected chi connectivity index (χ3v) is 3.76. The molecule has 1 aliphatic heterocycles. The monoisotopic (exact) mass is 362 g/mol. The fourth-order valence-electron chi connectivity index (χ4n) is 2.28. The summed E-state index contributed by atoms with van der Waals surface area (Å²) in [5.41, 5.74) is 6.52. The molecule has 0 saturated carbocycles. The first-order chi connectivity index (χ1) is 10.5. The molecule has 0 saturated heterocycles. The van der Waals surface area contributed by atoms with Gasteiger partial charge in [-0.2, -0.15) is 0 Å². The fourth-order valence-corrected chi connectivity index (χ4v) is 2.48. The normalized spacial score (nSPS) is 14.7. The van der Waals surface area contributed by atoms with E-state index < -0.39 is 12.0 Å². The van der Waals surface area contributed by atoms with Crippen molar-refractivity contribution in [1.29, 1.82) is 0 Å². The lowest BCUT2D eigenvalue weighted by atomic mass is 10.1. The van der Waals surface area contributed by atoms with Crippen LogP contribution in [0.25, 0.3) is 0 Å². The smallest absolute Gasteiger partial charge is 0.322 e. The van der Waals surface area contributed by atoms with Crippen molar-refractivity contribution in [3.05, 3.63) is 28.8 Å². The number of amides is 1. The van der Waals surface area contributed by atoms with Crippen molar-refractivity contribution >= 4 is 35.9 Å². The molecule has 1 aromatic rings. The van der Waals surface area contributed by atoms with E-state index in [0.29, 0.717) is 24.7 Å². The number of nitrogens with zero attached hydrogens (tertiary/aromatic N) is 1. The second-order valence-corrected chi connectivity index (χ2v) is 5.52. The first-order valence-corrected chi connectivity index (χ1v) is 7.41. The molecular formula is C15H20Cl2N2O4. The van der Waals surface area contributed by atoms with Gasteiger partial charge in [-0.05, 0) is 24.6 Å². The van der Waals surface area contributed by atoms with E-state index in [1.165, 1.54) is 7.11 Å². The van der Waals surface area contributed by atoms with Crippen molar-refractivity contribution in [3.8, 4) is 5.75 Å². The Morgan fingerprint density at radius 3 is 2.91 bits per heavy atom. The quantitative estimate of drug-likeness (QED) is 0.825. The zero-order chi connectivity index (χ0) is 16.1. The molecule has 0 spiro atoms. The van der Waals surface area contributed by atoms with E-state index in [-0.39, 0.29) is 31.2 Å². The van der Waals surface area contributed by atoms with Crippen LogP contribution in [0.3, 0.4) is 0 Å². The molecule has 1 aromatic carbocycles. The third kappa shape index (κ3) is 5.27. The molecule has 1 aliphatic rings. The van der Waals surface area contributed by atoms with Gasteiger partial charge < -0.3 is 20.1 Å². The fraction of sp³-hybridized carbons (Fsp3) is 0.467. The van der Waals surface area contributed by atoms with Crippen LogP contribution in [0.4, 0.5) is 0 Å². The number of hydrogen-bond donors (Lipinski definition) is 1. The van der Waals surface area contributed by atoms with E-state index in [9.17, 15) is 9.59 Å². The number of carbonyl (C=O) groups excluding carboxylic acids is 2. The summed E-state index contributed by atoms with van der Waals surface area (Å²) in [5.74, 6) is 0.158. The van der Waals surface area contributed by atoms with Crippen LogP contribution in [0.2, 0.25) is 5.02 Å². The van der Waals surface area contributed by atoms with Gasteiger partial charge in [0.2, 0.25) is 5.91 Å². The SMILES string of the molecule is COC(=O)[C@@H](N)CCC(=O)N1CCOc2ccc(Cl)cc2C1.Cl. The van der Waals surface area contributed by atoms with Crippen molar-refractivity contribution < 1.29 is 19.1 Å². The van der Waals surface area contributed by atoms with Crippen LogP contribution in [-0.2, 0) is 20.9 Å². The van der Waals surface area contributed by atoms with Crippen LogP contribution in [-0.4, -0.2) is 43.1 Å². The zero-order valence-electron chi connectivity index (χ0n) is 12.8. The maximum absolute atomic E-state index is 12.3. The molecule has 8 heteroatoms. The third-order valence-electron chi connectivity index (χ3n) is 3.53. The number of methoxy groups -OCH3 is 1. The summed E-state index contributed by atoms with van der Waals surface area (Å²) in [4.78, 5) is 25.2. The number of esters is 1. The Hall–Kier alpha value is -1.50. The summed E-state index contributed by atoms with van der Waals surface area (Å²) < 4.78 is 10.2. The summed E-state index contributed by atoms with van der Waals surface area (Å²) in [6, 6.07) is 4.58. The molecular weight excluding hydrogens is 343 g/mol. The molecule has 23 heavy (non-hydrogen) atoms. The van der Waals surface area contributed by atoms with Crippen molar-refractivity contribution in [2.45, 2.75) is 25.4 Å². The highest BCUT2D eigenvalue weighted by Gasteiger charge is 2.22. The molecule has 128 valence electrons. The molecule has 0 aliphatic carbocycles. The van der Waals surface area contributed by atoms with Crippen LogP contribution < -0.4 is 10.5 Å². The lowest BCUT2D eigenvalue weighted by Crippen LogP contribution is -2.36. The van der Waals surface area contributed by atoms with Crippen molar-refractivity contribution in [2.24, 2.45) is 5.73 Å². The maximum Gasteiger partial charge on any atom is 0.322 e. The first kappa shape index (κ1) is 19.5. The van der Waals surface area contributed by atoms with E-state index in [1.807, 2.05) is 0 Å². The number of carbonyl (C=O) groups is 2. The van der Waals surface area contributed by atoms with E-state index in [1.54, 1.807) is 23.1 Å². The van der Waals surface area contributed by atoms with Crippen molar-refractivity contribution in [2.75, 3.05) is 20.3 Å². The molecule has 0 aromatic heterocycles. The van der Waals surface area contributed by atoms with Crippen LogP contribution in [0.15, 0.2) is 18.2 Å². The second-order valence-electron chi connectivity index (χ2n) is 5.08. The van der Waals surface area contributed by atoms with Crippen LogP contribution in [0.5, 0.6) is 5.75 Å². The van der Waals surface area contributed by atoms with Gasteiger partial charge in [0.1, 0.15) is 18.4 Å². The Bertz CT molecular complexity index is 568. The summed E-state index contributed by atoms with van der Waals surface area (Å²) in [5, 5.41) is 0.601. The van der Waals surface area contributed by atoms with Gasteiger partial charge in [-0.25, -0.2) is 0 Å². The number of halogens is 2. The lowest BCUT2D eigenvalue weighted by Gasteiger charge is -2.20. The summed E-state index contributed by atoms with van der Waals surface area (Å²) in [6.07, 6.45) is 0.442. The van der Waals surface area contributed by atoms with Crippen LogP contribution in [0.1, 0.15) is 18.4 Å². The van der Waals surface area contributed by atoms with Crippen LogP contribution in [0, 0.1) is 0 Å². The summed E-state index contributed by atoms with van der Waals surface area (Å²) in [7, 11) is 1.27. The van der Waals surface area contributed by atoms with E-state index >= 15 is 0 Å². The summed E-state index contributed by atoms with van der Waals surface area (Å²) in [6.45, 7) is 1.34. The molecule has 2 N–H and O–H groups in total. The van der Waals surface area contributed by atoms with Gasteiger partial charge in [0, 0.05) is 23.6 Å². The minimum Gasteiger partial charge on any atom is -0.491 e. The predicted molar refractivity (Wildman–Crippen MR) is 88.8 cm³/mol. The standard InChI is InChI=1S/C15H19ClN2O4.ClH/c1-21-15(20)12(17)3-5-14(19)18-6-7-22-13-4-2-11(16)8-10(13)9-18;/h2,4,8,12H,3,5-7,9,17H2,1H3;1H/t12-;/m0./s1. The Kier molecular flexibility index (Phi) is 7.61. The van der Waals surface area contributed by atoms with Crippen molar-refractivity contribution in [1.82, 2.24) is 4.90 Å². The molecule has 0 radical (unpaired) electrons. The van der Waals surface area contributed by atoms with E-state index in [0.717, 1.165) is 11.3 Å². The van der Waals surface area contributed by atoms with Gasteiger partial charge in [-0.1, -0.05) is 11.6 Å². The maximum atomic E-state index is 12.3.